The molecule has 3 heterocycles. The molecule has 4 aromatic carbocycles. The van der Waals surface area contributed by atoms with Crippen LogP contribution in [0, 0.1) is 6.92 Å². The highest BCUT2D eigenvalue weighted by molar-refractivity contribution is 6.09. The SMILES string of the molecule is CCc1cccc(CC)c1-c1cnn(-c2cc(C)cc(Oc3ccc4c5ccccc5n(-c5cc(C(C)(C)C)ccn5)c4c3)c2)c1. The summed E-state index contributed by atoms with van der Waals surface area (Å²) in [5.41, 5.74) is 10.6. The van der Waals surface area contributed by atoms with Gasteiger partial charge in [0, 0.05) is 40.9 Å². The van der Waals surface area contributed by atoms with E-state index in [0.717, 1.165) is 58.0 Å². The number of pyridine rings is 1. The molecule has 0 spiro atoms. The molecule has 0 aliphatic rings. The molecular weight excluding hydrogens is 564 g/mol. The molecular formula is C41H40N4O. The van der Waals surface area contributed by atoms with Gasteiger partial charge in [-0.1, -0.05) is 71.0 Å². The highest BCUT2D eigenvalue weighted by atomic mass is 16.5. The summed E-state index contributed by atoms with van der Waals surface area (Å²) in [7, 11) is 0. The van der Waals surface area contributed by atoms with E-state index in [1.54, 1.807) is 0 Å². The first-order valence-corrected chi connectivity index (χ1v) is 16.2. The molecule has 0 unspecified atom stereocenters. The lowest BCUT2D eigenvalue weighted by Crippen LogP contribution is -2.12. The fourth-order valence-corrected chi connectivity index (χ4v) is 6.53. The number of hydrogen-bond donors (Lipinski definition) is 0. The highest BCUT2D eigenvalue weighted by Gasteiger charge is 2.18. The van der Waals surface area contributed by atoms with Gasteiger partial charge in [-0.25, -0.2) is 9.67 Å². The Morgan fingerprint density at radius 3 is 2.26 bits per heavy atom. The lowest BCUT2D eigenvalue weighted by molar-refractivity contribution is 0.482. The van der Waals surface area contributed by atoms with Gasteiger partial charge in [0.1, 0.15) is 17.3 Å². The van der Waals surface area contributed by atoms with E-state index in [2.05, 4.69) is 143 Å². The second kappa shape index (κ2) is 11.6. The Hall–Kier alpha value is -5.16. The first-order valence-electron chi connectivity index (χ1n) is 16.2. The van der Waals surface area contributed by atoms with Crippen LogP contribution in [0.1, 0.15) is 56.9 Å². The van der Waals surface area contributed by atoms with Crippen LogP contribution in [0.5, 0.6) is 11.5 Å². The summed E-state index contributed by atoms with van der Waals surface area (Å²) >= 11 is 0. The van der Waals surface area contributed by atoms with Gasteiger partial charge in [0.25, 0.3) is 0 Å². The van der Waals surface area contributed by atoms with Crippen molar-refractivity contribution in [1.29, 1.82) is 0 Å². The van der Waals surface area contributed by atoms with Gasteiger partial charge in [-0.2, -0.15) is 5.10 Å². The first-order chi connectivity index (χ1) is 22.2. The standard InChI is InChI=1S/C41H40N4O/c1-7-28-12-11-13-29(8-2)40(28)30-25-43-44(26-30)32-20-27(3)21-34(23-32)46-33-16-17-36-35-14-9-10-15-37(35)45(38(36)24-33)39-22-31(18-19-42-39)41(4,5)6/h9-26H,7-8H2,1-6H3. The summed E-state index contributed by atoms with van der Waals surface area (Å²) in [4.78, 5) is 4.82. The molecule has 0 N–H and O–H groups in total. The number of nitrogens with zero attached hydrogens (tertiary/aromatic N) is 4. The third kappa shape index (κ3) is 5.36. The Morgan fingerprint density at radius 2 is 1.50 bits per heavy atom. The number of aromatic nitrogens is 4. The van der Waals surface area contributed by atoms with Gasteiger partial charge in [-0.15, -0.1) is 0 Å². The van der Waals surface area contributed by atoms with Crippen molar-refractivity contribution < 1.29 is 4.74 Å². The zero-order valence-electron chi connectivity index (χ0n) is 27.5. The molecule has 5 nitrogen and oxygen atoms in total. The van der Waals surface area contributed by atoms with Crippen LogP contribution in [0.3, 0.4) is 0 Å². The summed E-state index contributed by atoms with van der Waals surface area (Å²) in [6.07, 6.45) is 7.99. The smallest absolute Gasteiger partial charge is 0.137 e. The lowest BCUT2D eigenvalue weighted by Gasteiger charge is -2.20. The van der Waals surface area contributed by atoms with Crippen LogP contribution in [-0.2, 0) is 18.3 Å². The van der Waals surface area contributed by atoms with Crippen molar-refractivity contribution in [2.24, 2.45) is 0 Å². The van der Waals surface area contributed by atoms with Gasteiger partial charge in [0.2, 0.25) is 0 Å². The van der Waals surface area contributed by atoms with E-state index in [1.807, 2.05) is 17.1 Å². The molecule has 0 saturated heterocycles. The van der Waals surface area contributed by atoms with Crippen LogP contribution in [0.15, 0.2) is 110 Å². The zero-order chi connectivity index (χ0) is 32.0. The van der Waals surface area contributed by atoms with Crippen molar-refractivity contribution in [3.05, 3.63) is 132 Å². The maximum atomic E-state index is 6.58. The van der Waals surface area contributed by atoms with Crippen LogP contribution in [0.25, 0.3) is 44.4 Å². The van der Waals surface area contributed by atoms with E-state index in [0.29, 0.717) is 0 Å². The molecule has 0 radical (unpaired) electrons. The third-order valence-corrected chi connectivity index (χ3v) is 8.89. The van der Waals surface area contributed by atoms with Gasteiger partial charge in [-0.3, -0.25) is 4.57 Å². The molecule has 0 bridgehead atoms. The highest BCUT2D eigenvalue weighted by Crippen LogP contribution is 2.36. The van der Waals surface area contributed by atoms with Crippen LogP contribution in [-0.4, -0.2) is 19.3 Å². The van der Waals surface area contributed by atoms with Crippen LogP contribution in [0.4, 0.5) is 0 Å². The van der Waals surface area contributed by atoms with E-state index in [-0.39, 0.29) is 5.41 Å². The van der Waals surface area contributed by atoms with E-state index >= 15 is 0 Å². The predicted octanol–water partition coefficient (Wildman–Crippen LogP) is 10.6. The Balaban J connectivity index is 1.28. The Labute approximate surface area is 271 Å². The van der Waals surface area contributed by atoms with Crippen LogP contribution in [0.2, 0.25) is 0 Å². The van der Waals surface area contributed by atoms with Crippen molar-refractivity contribution in [2.45, 2.75) is 59.8 Å². The summed E-state index contributed by atoms with van der Waals surface area (Å²) < 4.78 is 10.8. The number of fused-ring (bicyclic) bond motifs is 3. The summed E-state index contributed by atoms with van der Waals surface area (Å²) in [5.74, 6) is 2.44. The molecule has 0 atom stereocenters. The average Bonchev–Trinajstić information content (AvgIpc) is 3.67. The minimum absolute atomic E-state index is 0.0145. The predicted molar refractivity (Wildman–Crippen MR) is 190 cm³/mol. The van der Waals surface area contributed by atoms with Gasteiger partial charge >= 0.3 is 0 Å². The van der Waals surface area contributed by atoms with Crippen LogP contribution < -0.4 is 4.74 Å². The zero-order valence-corrected chi connectivity index (χ0v) is 27.5. The molecule has 0 amide bonds. The maximum Gasteiger partial charge on any atom is 0.137 e. The number of benzene rings is 4. The molecule has 0 aliphatic heterocycles. The minimum Gasteiger partial charge on any atom is -0.457 e. The summed E-state index contributed by atoms with van der Waals surface area (Å²) in [5, 5.41) is 7.14. The molecule has 230 valence electrons. The van der Waals surface area contributed by atoms with Crippen molar-refractivity contribution >= 4 is 21.8 Å². The number of hydrogen-bond acceptors (Lipinski definition) is 3. The van der Waals surface area contributed by atoms with Crippen molar-refractivity contribution in [1.82, 2.24) is 19.3 Å². The normalized spacial score (nSPS) is 11.9. The molecule has 7 aromatic rings. The summed E-state index contributed by atoms with van der Waals surface area (Å²) in [6, 6.07) is 32.0. The maximum absolute atomic E-state index is 6.58. The molecule has 46 heavy (non-hydrogen) atoms. The third-order valence-electron chi connectivity index (χ3n) is 8.89. The van der Waals surface area contributed by atoms with Gasteiger partial charge in [-0.05, 0) is 95.5 Å². The lowest BCUT2D eigenvalue weighted by atomic mass is 9.88. The number of rotatable bonds is 7. The molecule has 7 rings (SSSR count). The van der Waals surface area contributed by atoms with E-state index < -0.39 is 0 Å². The Bertz CT molecular complexity index is 2190. The van der Waals surface area contributed by atoms with Crippen molar-refractivity contribution in [2.75, 3.05) is 0 Å². The summed E-state index contributed by atoms with van der Waals surface area (Å²) in [6.45, 7) is 13.2. The minimum atomic E-state index is 0.0145. The van der Waals surface area contributed by atoms with Gasteiger partial charge < -0.3 is 4.74 Å². The van der Waals surface area contributed by atoms with Crippen molar-refractivity contribution in [3.8, 4) is 34.1 Å². The second-order valence-corrected chi connectivity index (χ2v) is 13.1. The largest absolute Gasteiger partial charge is 0.457 e. The molecule has 0 aliphatic carbocycles. The van der Waals surface area contributed by atoms with Gasteiger partial charge in [0.15, 0.2) is 0 Å². The quantitative estimate of drug-likeness (QED) is 0.182. The number of aryl methyl sites for hydroxylation is 3. The van der Waals surface area contributed by atoms with Gasteiger partial charge in [0.05, 0.1) is 22.9 Å². The topological polar surface area (TPSA) is 44.9 Å². The fourth-order valence-electron chi connectivity index (χ4n) is 6.53. The monoisotopic (exact) mass is 604 g/mol. The number of ether oxygens (including phenoxy) is 1. The number of para-hydroxylation sites is 1. The van der Waals surface area contributed by atoms with Crippen molar-refractivity contribution in [3.63, 3.8) is 0 Å². The first kappa shape index (κ1) is 29.5. The molecule has 0 fully saturated rings. The van der Waals surface area contributed by atoms with E-state index in [4.69, 9.17) is 14.8 Å². The van der Waals surface area contributed by atoms with E-state index in [9.17, 15) is 0 Å². The Morgan fingerprint density at radius 1 is 0.739 bits per heavy atom. The molecule has 0 saturated carbocycles. The fraction of sp³-hybridized carbons (Fsp3) is 0.220. The molecule has 5 heteroatoms. The second-order valence-electron chi connectivity index (χ2n) is 13.1. The average molecular weight is 605 g/mol. The Kier molecular flexibility index (Phi) is 7.48. The molecule has 3 aromatic heterocycles. The van der Waals surface area contributed by atoms with Crippen LogP contribution >= 0.6 is 0 Å². The van der Waals surface area contributed by atoms with E-state index in [1.165, 1.54) is 33.0 Å².